The summed E-state index contributed by atoms with van der Waals surface area (Å²) >= 11 is 0.950. The molecule has 0 saturated heterocycles. The number of amides is 2. The summed E-state index contributed by atoms with van der Waals surface area (Å²) < 4.78 is 4.04. The third-order valence-corrected chi connectivity index (χ3v) is 4.37. The lowest BCUT2D eigenvalue weighted by Crippen LogP contribution is -2.26. The van der Waals surface area contributed by atoms with Crippen molar-refractivity contribution in [3.8, 4) is 0 Å². The molecule has 0 unspecified atom stereocenters. The van der Waals surface area contributed by atoms with Crippen LogP contribution in [0.4, 0.5) is 5.69 Å². The van der Waals surface area contributed by atoms with E-state index in [1.54, 1.807) is 0 Å². The molecule has 2 amide bonds. The Morgan fingerprint density at radius 3 is 2.58 bits per heavy atom. The molecule has 1 aromatic heterocycles. The van der Waals surface area contributed by atoms with Crippen LogP contribution >= 0.6 is 11.5 Å². The summed E-state index contributed by atoms with van der Waals surface area (Å²) in [5.74, 6) is -0.652. The summed E-state index contributed by atoms with van der Waals surface area (Å²) in [5, 5.41) is 5.57. The van der Waals surface area contributed by atoms with Crippen LogP contribution in [0.2, 0.25) is 0 Å². The highest BCUT2D eigenvalue weighted by Crippen LogP contribution is 2.21. The minimum absolute atomic E-state index is 0.106. The number of carbonyl (C=O) groups is 2. The predicted molar refractivity (Wildman–Crippen MR) is 96.0 cm³/mol. The number of hydrogen-bond acceptors (Lipinski definition) is 5. The second-order valence-electron chi connectivity index (χ2n) is 5.41. The Labute approximate surface area is 145 Å². The van der Waals surface area contributed by atoms with E-state index in [4.69, 9.17) is 5.73 Å². The molecule has 7 heteroatoms. The van der Waals surface area contributed by atoms with Gasteiger partial charge in [0.2, 0.25) is 0 Å². The van der Waals surface area contributed by atoms with Gasteiger partial charge in [-0.2, -0.15) is 4.37 Å². The minimum Gasteiger partial charge on any atom is -0.395 e. The van der Waals surface area contributed by atoms with Crippen LogP contribution in [0.15, 0.2) is 30.3 Å². The molecular formula is C17H22N4O2S. The molecule has 0 aliphatic carbocycles. The van der Waals surface area contributed by atoms with E-state index < -0.39 is 0 Å². The lowest BCUT2D eigenvalue weighted by atomic mass is 10.2. The Hall–Kier alpha value is -2.41. The standard InChI is InChI=1S/C17H22N4O2S/c1-2-3-7-10-19-17(23)15-13(18)14(21-24-15)16(22)20-11-12-8-5-4-6-9-12/h4-6,8-9H,2-3,7,10-11,18H2,1H3,(H,19,23)(H,20,22). The molecule has 0 aliphatic heterocycles. The molecule has 0 spiro atoms. The fourth-order valence-electron chi connectivity index (χ4n) is 2.14. The fraction of sp³-hybridized carbons (Fsp3) is 0.353. The maximum absolute atomic E-state index is 12.2. The van der Waals surface area contributed by atoms with E-state index in [9.17, 15) is 9.59 Å². The average Bonchev–Trinajstić information content (AvgIpc) is 2.99. The summed E-state index contributed by atoms with van der Waals surface area (Å²) in [5.41, 5.74) is 7.15. The van der Waals surface area contributed by atoms with Gasteiger partial charge in [0.25, 0.3) is 11.8 Å². The molecule has 0 fully saturated rings. The molecule has 128 valence electrons. The Morgan fingerprint density at radius 1 is 1.12 bits per heavy atom. The van der Waals surface area contributed by atoms with Gasteiger partial charge in [-0.05, 0) is 23.5 Å². The third kappa shape index (κ3) is 4.79. The Balaban J connectivity index is 1.93. The zero-order valence-corrected chi connectivity index (χ0v) is 14.5. The number of nitrogen functional groups attached to an aromatic ring is 1. The van der Waals surface area contributed by atoms with Gasteiger partial charge in [0.15, 0.2) is 5.69 Å². The van der Waals surface area contributed by atoms with E-state index in [-0.39, 0.29) is 28.1 Å². The zero-order chi connectivity index (χ0) is 17.4. The number of benzene rings is 1. The van der Waals surface area contributed by atoms with E-state index in [2.05, 4.69) is 21.9 Å². The normalized spacial score (nSPS) is 10.4. The summed E-state index contributed by atoms with van der Waals surface area (Å²) in [6.07, 6.45) is 3.07. The molecule has 0 saturated carbocycles. The van der Waals surface area contributed by atoms with Crippen molar-refractivity contribution in [3.05, 3.63) is 46.5 Å². The number of nitrogens with zero attached hydrogens (tertiary/aromatic N) is 1. The second-order valence-corrected chi connectivity index (χ2v) is 6.18. The number of aromatic nitrogens is 1. The van der Waals surface area contributed by atoms with E-state index in [0.717, 1.165) is 36.4 Å². The summed E-state index contributed by atoms with van der Waals surface area (Å²) in [6.45, 7) is 3.08. The van der Waals surface area contributed by atoms with Gasteiger partial charge in [-0.25, -0.2) is 0 Å². The van der Waals surface area contributed by atoms with Crippen LogP contribution in [0.1, 0.15) is 51.9 Å². The number of rotatable bonds is 8. The van der Waals surface area contributed by atoms with Crippen LogP contribution in [0.3, 0.4) is 0 Å². The van der Waals surface area contributed by atoms with Crippen LogP contribution in [-0.4, -0.2) is 22.7 Å². The molecule has 2 rings (SSSR count). The fourth-order valence-corrected chi connectivity index (χ4v) is 2.86. The van der Waals surface area contributed by atoms with Gasteiger partial charge >= 0.3 is 0 Å². The van der Waals surface area contributed by atoms with Gasteiger partial charge in [0.1, 0.15) is 4.88 Å². The molecule has 0 aliphatic rings. The lowest BCUT2D eigenvalue weighted by Gasteiger charge is -2.05. The number of anilines is 1. The average molecular weight is 346 g/mol. The minimum atomic E-state index is -0.377. The number of nitrogens with one attached hydrogen (secondary N) is 2. The molecule has 6 nitrogen and oxygen atoms in total. The first kappa shape index (κ1) is 17.9. The van der Waals surface area contributed by atoms with Crippen molar-refractivity contribution in [2.45, 2.75) is 32.7 Å². The van der Waals surface area contributed by atoms with Crippen LogP contribution in [-0.2, 0) is 6.54 Å². The maximum atomic E-state index is 12.2. The Bertz CT molecular complexity index is 685. The van der Waals surface area contributed by atoms with Gasteiger partial charge in [-0.3, -0.25) is 9.59 Å². The quantitative estimate of drug-likeness (QED) is 0.640. The third-order valence-electron chi connectivity index (χ3n) is 3.51. The smallest absolute Gasteiger partial charge is 0.273 e. The molecule has 1 aromatic carbocycles. The topological polar surface area (TPSA) is 97.1 Å². The number of unbranched alkanes of at least 4 members (excludes halogenated alkanes) is 2. The SMILES string of the molecule is CCCCCNC(=O)c1snc(C(=O)NCc2ccccc2)c1N. The first-order valence-corrected chi connectivity index (χ1v) is 8.76. The number of carbonyl (C=O) groups excluding carboxylic acids is 2. The van der Waals surface area contributed by atoms with E-state index >= 15 is 0 Å². The van der Waals surface area contributed by atoms with Crippen molar-refractivity contribution in [1.82, 2.24) is 15.0 Å². The van der Waals surface area contributed by atoms with Gasteiger partial charge in [0.05, 0.1) is 5.69 Å². The molecule has 4 N–H and O–H groups in total. The van der Waals surface area contributed by atoms with Crippen molar-refractivity contribution in [2.75, 3.05) is 12.3 Å². The molecule has 1 heterocycles. The van der Waals surface area contributed by atoms with Crippen molar-refractivity contribution in [1.29, 1.82) is 0 Å². The maximum Gasteiger partial charge on any atom is 0.273 e. The van der Waals surface area contributed by atoms with Crippen molar-refractivity contribution in [3.63, 3.8) is 0 Å². The zero-order valence-electron chi connectivity index (χ0n) is 13.7. The highest BCUT2D eigenvalue weighted by Gasteiger charge is 2.21. The summed E-state index contributed by atoms with van der Waals surface area (Å²) in [4.78, 5) is 24.6. The molecule has 0 bridgehead atoms. The number of hydrogen-bond donors (Lipinski definition) is 3. The monoisotopic (exact) mass is 346 g/mol. The van der Waals surface area contributed by atoms with Gasteiger partial charge < -0.3 is 16.4 Å². The van der Waals surface area contributed by atoms with Crippen LogP contribution in [0.25, 0.3) is 0 Å². The lowest BCUT2D eigenvalue weighted by molar-refractivity contribution is 0.0947. The van der Waals surface area contributed by atoms with Crippen molar-refractivity contribution >= 4 is 29.0 Å². The van der Waals surface area contributed by atoms with E-state index in [1.807, 2.05) is 30.3 Å². The molecule has 0 radical (unpaired) electrons. The van der Waals surface area contributed by atoms with E-state index in [1.165, 1.54) is 0 Å². The highest BCUT2D eigenvalue weighted by atomic mass is 32.1. The summed E-state index contributed by atoms with van der Waals surface area (Å²) in [6, 6.07) is 9.55. The largest absolute Gasteiger partial charge is 0.395 e. The Kier molecular flexibility index (Phi) is 6.74. The molecule has 0 atom stereocenters. The van der Waals surface area contributed by atoms with Crippen LogP contribution < -0.4 is 16.4 Å². The number of nitrogens with two attached hydrogens (primary N) is 1. The predicted octanol–water partition coefficient (Wildman–Crippen LogP) is 2.58. The van der Waals surface area contributed by atoms with Gasteiger partial charge in [-0.1, -0.05) is 50.1 Å². The first-order chi connectivity index (χ1) is 11.6. The molecular weight excluding hydrogens is 324 g/mol. The van der Waals surface area contributed by atoms with Crippen LogP contribution in [0.5, 0.6) is 0 Å². The highest BCUT2D eigenvalue weighted by molar-refractivity contribution is 7.09. The van der Waals surface area contributed by atoms with E-state index in [0.29, 0.717) is 13.1 Å². The van der Waals surface area contributed by atoms with Crippen molar-refractivity contribution < 1.29 is 9.59 Å². The summed E-state index contributed by atoms with van der Waals surface area (Å²) in [7, 11) is 0. The molecule has 24 heavy (non-hydrogen) atoms. The molecule has 2 aromatic rings. The van der Waals surface area contributed by atoms with Crippen LogP contribution in [0, 0.1) is 0 Å². The van der Waals surface area contributed by atoms with Gasteiger partial charge in [0, 0.05) is 13.1 Å². The Morgan fingerprint density at radius 2 is 1.88 bits per heavy atom. The van der Waals surface area contributed by atoms with Crippen molar-refractivity contribution in [2.24, 2.45) is 0 Å². The van der Waals surface area contributed by atoms with Gasteiger partial charge in [-0.15, -0.1) is 0 Å². The second kappa shape index (κ2) is 9.02. The first-order valence-electron chi connectivity index (χ1n) is 7.99.